The molecule has 0 saturated carbocycles. The highest BCUT2D eigenvalue weighted by atomic mass is 35.5. The van der Waals surface area contributed by atoms with Crippen molar-refractivity contribution in [3.63, 3.8) is 0 Å². The number of amidine groups is 1. The highest BCUT2D eigenvalue weighted by Crippen LogP contribution is 2.32. The summed E-state index contributed by atoms with van der Waals surface area (Å²) in [4.78, 5) is 0. The predicted octanol–water partition coefficient (Wildman–Crippen LogP) is 3.86. The van der Waals surface area contributed by atoms with Crippen LogP contribution in [-0.4, -0.2) is 5.84 Å². The average Bonchev–Trinajstić information content (AvgIpc) is 2.38. The van der Waals surface area contributed by atoms with E-state index in [0.717, 1.165) is 5.56 Å². The van der Waals surface area contributed by atoms with Crippen LogP contribution in [0.3, 0.4) is 0 Å². The first-order valence-electron chi connectivity index (χ1n) is 5.58. The highest BCUT2D eigenvalue weighted by molar-refractivity contribution is 6.37. The highest BCUT2D eigenvalue weighted by Gasteiger charge is 2.06. The average molecular weight is 295 g/mol. The van der Waals surface area contributed by atoms with Gasteiger partial charge in [0.15, 0.2) is 5.75 Å². The molecule has 0 saturated heterocycles. The van der Waals surface area contributed by atoms with Gasteiger partial charge in [0.2, 0.25) is 0 Å². The molecule has 19 heavy (non-hydrogen) atoms. The summed E-state index contributed by atoms with van der Waals surface area (Å²) in [5.41, 5.74) is 7.01. The lowest BCUT2D eigenvalue weighted by molar-refractivity contribution is 0.306. The van der Waals surface area contributed by atoms with Crippen LogP contribution < -0.4 is 10.5 Å². The van der Waals surface area contributed by atoms with Crippen LogP contribution in [0.2, 0.25) is 10.0 Å². The SMILES string of the molecule is N=C(N)c1ccc(COc2c(Cl)cccc2Cl)cc1. The fraction of sp³-hybridized carbons (Fsp3) is 0.0714. The summed E-state index contributed by atoms with van der Waals surface area (Å²) in [6.45, 7) is 0.349. The van der Waals surface area contributed by atoms with Gasteiger partial charge in [0, 0.05) is 5.56 Å². The lowest BCUT2D eigenvalue weighted by atomic mass is 10.1. The molecule has 2 aromatic carbocycles. The van der Waals surface area contributed by atoms with Crippen molar-refractivity contribution in [2.24, 2.45) is 5.73 Å². The summed E-state index contributed by atoms with van der Waals surface area (Å²) in [5.74, 6) is 0.517. The summed E-state index contributed by atoms with van der Waals surface area (Å²) in [6, 6.07) is 12.5. The first kappa shape index (κ1) is 13.7. The molecule has 2 aromatic rings. The number of nitrogen functional groups attached to an aromatic ring is 1. The maximum Gasteiger partial charge on any atom is 0.156 e. The zero-order valence-corrected chi connectivity index (χ0v) is 11.5. The van der Waals surface area contributed by atoms with Crippen LogP contribution in [0.1, 0.15) is 11.1 Å². The molecule has 98 valence electrons. The van der Waals surface area contributed by atoms with Crippen LogP contribution in [0.15, 0.2) is 42.5 Å². The second-order valence-corrected chi connectivity index (χ2v) is 4.76. The van der Waals surface area contributed by atoms with Crippen LogP contribution in [0, 0.1) is 5.41 Å². The molecule has 0 unspecified atom stereocenters. The minimum absolute atomic E-state index is 0.0432. The predicted molar refractivity (Wildman–Crippen MR) is 78.3 cm³/mol. The van der Waals surface area contributed by atoms with Crippen molar-refractivity contribution in [2.75, 3.05) is 0 Å². The molecule has 0 fully saturated rings. The topological polar surface area (TPSA) is 59.1 Å². The molecule has 0 aliphatic carbocycles. The Bertz CT molecular complexity index is 577. The molecule has 3 nitrogen and oxygen atoms in total. The van der Waals surface area contributed by atoms with E-state index in [9.17, 15) is 0 Å². The number of halogens is 2. The summed E-state index contributed by atoms with van der Waals surface area (Å²) in [5, 5.41) is 8.27. The Kier molecular flexibility index (Phi) is 4.30. The van der Waals surface area contributed by atoms with Crippen LogP contribution in [0.5, 0.6) is 5.75 Å². The maximum atomic E-state index is 7.31. The Balaban J connectivity index is 2.08. The van der Waals surface area contributed by atoms with Crippen LogP contribution >= 0.6 is 23.2 Å². The smallest absolute Gasteiger partial charge is 0.156 e. The van der Waals surface area contributed by atoms with E-state index in [1.165, 1.54) is 0 Å². The summed E-state index contributed by atoms with van der Waals surface area (Å²) in [7, 11) is 0. The molecular weight excluding hydrogens is 283 g/mol. The van der Waals surface area contributed by atoms with Gasteiger partial charge in [0.05, 0.1) is 10.0 Å². The van der Waals surface area contributed by atoms with Gasteiger partial charge >= 0.3 is 0 Å². The second kappa shape index (κ2) is 5.95. The van der Waals surface area contributed by atoms with E-state index in [2.05, 4.69) is 0 Å². The third-order valence-electron chi connectivity index (χ3n) is 2.57. The minimum atomic E-state index is 0.0432. The molecule has 0 spiro atoms. The lowest BCUT2D eigenvalue weighted by Crippen LogP contribution is -2.10. The van der Waals surface area contributed by atoms with Crippen molar-refractivity contribution in [2.45, 2.75) is 6.61 Å². The van der Waals surface area contributed by atoms with Gasteiger partial charge in [-0.2, -0.15) is 0 Å². The van der Waals surface area contributed by atoms with E-state index >= 15 is 0 Å². The zero-order chi connectivity index (χ0) is 13.8. The number of ether oxygens (including phenoxy) is 1. The van der Waals surface area contributed by atoms with E-state index in [4.69, 9.17) is 39.1 Å². The fourth-order valence-electron chi connectivity index (χ4n) is 1.56. The molecule has 0 bridgehead atoms. The van der Waals surface area contributed by atoms with Crippen molar-refractivity contribution >= 4 is 29.0 Å². The molecule has 5 heteroatoms. The molecule has 0 amide bonds. The largest absolute Gasteiger partial charge is 0.486 e. The van der Waals surface area contributed by atoms with Gasteiger partial charge in [-0.05, 0) is 17.7 Å². The third kappa shape index (κ3) is 3.40. The van der Waals surface area contributed by atoms with Crippen molar-refractivity contribution < 1.29 is 4.74 Å². The van der Waals surface area contributed by atoms with E-state index in [-0.39, 0.29) is 5.84 Å². The van der Waals surface area contributed by atoms with Crippen molar-refractivity contribution in [3.8, 4) is 5.75 Å². The fourth-order valence-corrected chi connectivity index (χ4v) is 2.06. The number of rotatable bonds is 4. The van der Waals surface area contributed by atoms with Crippen molar-refractivity contribution in [1.29, 1.82) is 5.41 Å². The van der Waals surface area contributed by atoms with Gasteiger partial charge in [0.1, 0.15) is 12.4 Å². The van der Waals surface area contributed by atoms with E-state index in [0.29, 0.717) is 28.0 Å². The second-order valence-electron chi connectivity index (χ2n) is 3.95. The number of nitrogens with two attached hydrogens (primary N) is 1. The number of nitrogens with one attached hydrogen (secondary N) is 1. The van der Waals surface area contributed by atoms with Gasteiger partial charge in [-0.1, -0.05) is 53.5 Å². The monoisotopic (exact) mass is 294 g/mol. The summed E-state index contributed by atoms with van der Waals surface area (Å²) < 4.78 is 5.61. The Labute approximate surface area is 121 Å². The summed E-state index contributed by atoms with van der Waals surface area (Å²) >= 11 is 12.0. The van der Waals surface area contributed by atoms with Gasteiger partial charge in [-0.3, -0.25) is 5.41 Å². The molecule has 0 aliphatic heterocycles. The molecule has 0 radical (unpaired) electrons. The molecular formula is C14H12Cl2N2O. The number of hydrogen-bond donors (Lipinski definition) is 2. The molecule has 2 rings (SSSR count). The van der Waals surface area contributed by atoms with Gasteiger partial charge in [0.25, 0.3) is 0 Å². The van der Waals surface area contributed by atoms with Crippen molar-refractivity contribution in [1.82, 2.24) is 0 Å². The van der Waals surface area contributed by atoms with E-state index < -0.39 is 0 Å². The minimum Gasteiger partial charge on any atom is -0.486 e. The van der Waals surface area contributed by atoms with Gasteiger partial charge < -0.3 is 10.5 Å². The normalized spacial score (nSPS) is 10.2. The first-order chi connectivity index (χ1) is 9.08. The summed E-state index contributed by atoms with van der Waals surface area (Å²) in [6.07, 6.45) is 0. The number of hydrogen-bond acceptors (Lipinski definition) is 2. The van der Waals surface area contributed by atoms with Gasteiger partial charge in [-0.25, -0.2) is 0 Å². The Morgan fingerprint density at radius 2 is 1.63 bits per heavy atom. The Morgan fingerprint density at radius 1 is 1.05 bits per heavy atom. The quantitative estimate of drug-likeness (QED) is 0.664. The van der Waals surface area contributed by atoms with E-state index in [1.54, 1.807) is 30.3 Å². The zero-order valence-electron chi connectivity index (χ0n) is 9.99. The van der Waals surface area contributed by atoms with Crippen LogP contribution in [-0.2, 0) is 6.61 Å². The Morgan fingerprint density at radius 3 is 2.16 bits per heavy atom. The van der Waals surface area contributed by atoms with Gasteiger partial charge in [-0.15, -0.1) is 0 Å². The van der Waals surface area contributed by atoms with Crippen LogP contribution in [0.25, 0.3) is 0 Å². The number of benzene rings is 2. The maximum absolute atomic E-state index is 7.31. The third-order valence-corrected chi connectivity index (χ3v) is 3.16. The van der Waals surface area contributed by atoms with Crippen LogP contribution in [0.4, 0.5) is 0 Å². The number of para-hydroxylation sites is 1. The molecule has 0 heterocycles. The lowest BCUT2D eigenvalue weighted by Gasteiger charge is -2.10. The first-order valence-corrected chi connectivity index (χ1v) is 6.33. The standard InChI is InChI=1S/C14H12Cl2N2O/c15-11-2-1-3-12(16)13(11)19-8-9-4-6-10(7-5-9)14(17)18/h1-7H,8H2,(H3,17,18). The molecule has 3 N–H and O–H groups in total. The van der Waals surface area contributed by atoms with Crippen molar-refractivity contribution in [3.05, 3.63) is 63.6 Å². The van der Waals surface area contributed by atoms with E-state index in [1.807, 2.05) is 12.1 Å². The molecule has 0 aromatic heterocycles. The molecule has 0 aliphatic rings. The molecule has 0 atom stereocenters. The Hall–Kier alpha value is -1.71.